The lowest BCUT2D eigenvalue weighted by molar-refractivity contribution is -0.426. The monoisotopic (exact) mass is 425 g/mol. The zero-order valence-corrected chi connectivity index (χ0v) is 18.6. The molecular formula is C20H33N4O6-. The van der Waals surface area contributed by atoms with Crippen LogP contribution in [0.5, 0.6) is 0 Å². The van der Waals surface area contributed by atoms with Crippen LogP contribution >= 0.6 is 0 Å². The molecule has 1 fully saturated rings. The van der Waals surface area contributed by atoms with E-state index in [9.17, 15) is 25.2 Å². The average molecular weight is 426 g/mol. The molecule has 3 N–H and O–H groups in total. The molecule has 30 heavy (non-hydrogen) atoms. The Hall–Kier alpha value is -2.33. The summed E-state index contributed by atoms with van der Waals surface area (Å²) in [5, 5.41) is 36.8. The van der Waals surface area contributed by atoms with Crippen LogP contribution < -0.4 is 10.8 Å². The van der Waals surface area contributed by atoms with Gasteiger partial charge in [0.1, 0.15) is 11.3 Å². The summed E-state index contributed by atoms with van der Waals surface area (Å²) in [5.74, 6) is -0.314. The van der Waals surface area contributed by atoms with Crippen molar-refractivity contribution in [3.05, 3.63) is 38.0 Å². The third kappa shape index (κ3) is 5.23. The molecule has 0 aromatic carbocycles. The molecule has 0 saturated carbocycles. The molecule has 1 saturated heterocycles. The second-order valence-corrected chi connectivity index (χ2v) is 9.33. The molecule has 0 spiro atoms. The maximum atomic E-state index is 12.4. The number of hydrogen-bond donors (Lipinski definition) is 3. The quantitative estimate of drug-likeness (QED) is 0.451. The van der Waals surface area contributed by atoms with E-state index in [1.807, 2.05) is 12.4 Å². The van der Waals surface area contributed by atoms with E-state index in [4.69, 9.17) is 4.74 Å². The zero-order chi connectivity index (χ0) is 22.9. The number of hydrogen-bond acceptors (Lipinski definition) is 8. The van der Waals surface area contributed by atoms with Crippen molar-refractivity contribution < 1.29 is 19.6 Å². The van der Waals surface area contributed by atoms with Gasteiger partial charge in [-0.2, -0.15) is 0 Å². The number of ether oxygens (including phenoxy) is 1. The van der Waals surface area contributed by atoms with Crippen molar-refractivity contribution in [1.29, 1.82) is 0 Å². The molecule has 3 unspecified atom stereocenters. The molecular weight excluding hydrogens is 392 g/mol. The summed E-state index contributed by atoms with van der Waals surface area (Å²) < 4.78 is 5.32. The van der Waals surface area contributed by atoms with E-state index >= 15 is 0 Å². The second kappa shape index (κ2) is 8.81. The van der Waals surface area contributed by atoms with Gasteiger partial charge in [-0.3, -0.25) is 10.1 Å². The number of alkyl carbamates (subject to hydrolysis) is 1. The van der Waals surface area contributed by atoms with Gasteiger partial charge in [0, 0.05) is 37.2 Å². The maximum Gasteiger partial charge on any atom is 0.408 e. The largest absolute Gasteiger partial charge is 0.761 e. The molecule has 0 radical (unpaired) electrons. The number of rotatable bonds is 5. The Bertz CT molecular complexity index is 753. The van der Waals surface area contributed by atoms with Gasteiger partial charge in [0.2, 0.25) is 0 Å². The summed E-state index contributed by atoms with van der Waals surface area (Å²) in [7, 11) is 0. The molecule has 170 valence electrons. The minimum Gasteiger partial charge on any atom is -0.761 e. The van der Waals surface area contributed by atoms with Crippen LogP contribution in [-0.2, 0) is 4.74 Å². The van der Waals surface area contributed by atoms with Gasteiger partial charge in [-0.15, -0.1) is 0 Å². The lowest BCUT2D eigenvalue weighted by Crippen LogP contribution is -2.65. The van der Waals surface area contributed by atoms with Crippen molar-refractivity contribution in [2.75, 3.05) is 13.1 Å². The van der Waals surface area contributed by atoms with E-state index in [-0.39, 0.29) is 18.2 Å². The van der Waals surface area contributed by atoms with E-state index in [0.29, 0.717) is 36.4 Å². The Morgan fingerprint density at radius 1 is 1.33 bits per heavy atom. The van der Waals surface area contributed by atoms with Gasteiger partial charge in [-0.05, 0) is 47.0 Å². The van der Waals surface area contributed by atoms with E-state index in [1.54, 1.807) is 32.6 Å². The Morgan fingerprint density at radius 3 is 2.50 bits per heavy atom. The highest BCUT2D eigenvalue weighted by molar-refractivity contribution is 5.68. The summed E-state index contributed by atoms with van der Waals surface area (Å²) >= 11 is 0. The first-order valence-electron chi connectivity index (χ1n) is 10.2. The van der Waals surface area contributed by atoms with Gasteiger partial charge in [0.05, 0.1) is 16.6 Å². The van der Waals surface area contributed by atoms with Crippen LogP contribution in [0.3, 0.4) is 0 Å². The average Bonchev–Trinajstić information content (AvgIpc) is 3.06. The highest BCUT2D eigenvalue weighted by Crippen LogP contribution is 2.37. The fourth-order valence-electron chi connectivity index (χ4n) is 4.00. The first kappa shape index (κ1) is 23.9. The van der Waals surface area contributed by atoms with Crippen LogP contribution in [0.4, 0.5) is 4.79 Å². The minimum absolute atomic E-state index is 0.0654. The maximum absolute atomic E-state index is 12.4. The number of likely N-dealkylation sites (tertiary alicyclic amines) is 1. The molecule has 10 heteroatoms. The number of carbonyl (C=O) groups excluding carboxylic acids is 1. The van der Waals surface area contributed by atoms with Crippen LogP contribution in [0, 0.1) is 21.2 Å². The summed E-state index contributed by atoms with van der Waals surface area (Å²) in [6, 6.07) is -0.726. The predicted octanol–water partition coefficient (Wildman–Crippen LogP) is 2.62. The van der Waals surface area contributed by atoms with E-state index in [2.05, 4.69) is 5.32 Å². The van der Waals surface area contributed by atoms with E-state index in [0.717, 1.165) is 6.42 Å². The summed E-state index contributed by atoms with van der Waals surface area (Å²) in [4.78, 5) is 25.3. The van der Waals surface area contributed by atoms with Crippen molar-refractivity contribution >= 4 is 6.09 Å². The molecule has 1 aliphatic heterocycles. The summed E-state index contributed by atoms with van der Waals surface area (Å²) in [6.45, 7) is 10.6. The molecule has 1 aliphatic carbocycles. The fraction of sp³-hybridized carbons (Fsp3) is 0.750. The molecule has 0 aromatic heterocycles. The van der Waals surface area contributed by atoms with Crippen LogP contribution in [0.1, 0.15) is 60.8 Å². The molecule has 10 nitrogen and oxygen atoms in total. The van der Waals surface area contributed by atoms with Crippen molar-refractivity contribution in [2.24, 2.45) is 5.92 Å². The third-order valence-electron chi connectivity index (χ3n) is 5.85. The van der Waals surface area contributed by atoms with Crippen molar-refractivity contribution in [3.8, 4) is 0 Å². The van der Waals surface area contributed by atoms with E-state index < -0.39 is 28.3 Å². The Labute approximate surface area is 177 Å². The van der Waals surface area contributed by atoms with E-state index in [1.165, 1.54) is 6.92 Å². The number of aliphatic hydroxyl groups is 1. The Balaban J connectivity index is 2.40. The van der Waals surface area contributed by atoms with Gasteiger partial charge in [-0.25, -0.2) is 4.79 Å². The summed E-state index contributed by atoms with van der Waals surface area (Å²) in [6.07, 6.45) is 1.15. The number of nitrogens with one attached hydrogen (secondary N) is 2. The minimum atomic E-state index is -1.25. The zero-order valence-electron chi connectivity index (χ0n) is 18.6. The topological polar surface area (TPSA) is 140 Å². The Morgan fingerprint density at radius 2 is 1.97 bits per heavy atom. The second-order valence-electron chi connectivity index (χ2n) is 9.33. The van der Waals surface area contributed by atoms with Crippen LogP contribution in [-0.4, -0.2) is 51.4 Å². The lowest BCUT2D eigenvalue weighted by atomic mass is 9.79. The number of hydroxylamine groups is 1. The van der Waals surface area contributed by atoms with Crippen LogP contribution in [0.2, 0.25) is 0 Å². The normalized spacial score (nSPS) is 28.2. The number of allylic oxidation sites excluding steroid dienone is 3. The number of carbonyl (C=O) groups is 1. The number of nitro groups is 1. The Kier molecular flexibility index (Phi) is 7.03. The lowest BCUT2D eigenvalue weighted by Gasteiger charge is -2.48. The highest BCUT2D eigenvalue weighted by atomic mass is 16.6. The molecule has 3 atom stereocenters. The third-order valence-corrected chi connectivity index (χ3v) is 5.85. The first-order chi connectivity index (χ1) is 13.8. The number of amides is 1. The van der Waals surface area contributed by atoms with Gasteiger partial charge in [-0.1, -0.05) is 6.92 Å². The number of piperidine rings is 1. The molecule has 0 bridgehead atoms. The van der Waals surface area contributed by atoms with Crippen LogP contribution in [0.25, 0.3) is 0 Å². The molecule has 2 aliphatic rings. The molecule has 1 amide bonds. The van der Waals surface area contributed by atoms with Crippen LogP contribution in [0.15, 0.2) is 22.7 Å². The summed E-state index contributed by atoms with van der Waals surface area (Å²) in [5.41, 5.74) is 1.38. The fourth-order valence-corrected chi connectivity index (χ4v) is 4.00. The SMILES string of the molecule is CC(=C(C1=C(N[O-])CCC1)N1CC(C)C(C)(O)C(NC(=O)OC(C)(C)C)C1)[N+](=O)[O-]. The standard InChI is InChI=1S/C20H33N4O6/c1-12-10-23(11-16(20(12,6)26)21-18(25)30-19(3,4)5)17(13(2)24(28)29)14-8-7-9-15(14)22-27/h12,16,22,26H,7-11H2,1-6H3,(H,21,25)/q-1. The van der Waals surface area contributed by atoms with Crippen molar-refractivity contribution in [2.45, 2.75) is 78.0 Å². The first-order valence-corrected chi connectivity index (χ1v) is 10.2. The van der Waals surface area contributed by atoms with Gasteiger partial charge in [0.15, 0.2) is 0 Å². The molecule has 0 aromatic rings. The highest BCUT2D eigenvalue weighted by Gasteiger charge is 2.46. The van der Waals surface area contributed by atoms with Crippen molar-refractivity contribution in [3.63, 3.8) is 0 Å². The molecule has 1 heterocycles. The van der Waals surface area contributed by atoms with Gasteiger partial charge in [0.25, 0.3) is 5.70 Å². The van der Waals surface area contributed by atoms with Gasteiger partial charge >= 0.3 is 6.09 Å². The predicted molar refractivity (Wildman–Crippen MR) is 112 cm³/mol. The molecule has 2 rings (SSSR count). The van der Waals surface area contributed by atoms with Gasteiger partial charge < -0.3 is 30.7 Å². The van der Waals surface area contributed by atoms with Crippen molar-refractivity contribution in [1.82, 2.24) is 15.7 Å². The smallest absolute Gasteiger partial charge is 0.408 e. The number of nitrogens with zero attached hydrogens (tertiary/aromatic N) is 2.